The number of ether oxygens (including phenoxy) is 16. The number of aliphatic hydroxyl groups is 11. The molecule has 10 unspecified atom stereocenters. The van der Waals surface area contributed by atoms with Gasteiger partial charge in [0.05, 0.1) is 77.3 Å². The zero-order valence-corrected chi connectivity index (χ0v) is 66.4. The largest absolute Gasteiger partial charge is 0.397 e. The molecule has 4 amide bonds. The molecule has 0 radical (unpaired) electrons. The second-order valence-corrected chi connectivity index (χ2v) is 31.9. The number of aryl methyl sites for hydroxylation is 1. The van der Waals surface area contributed by atoms with Crippen molar-refractivity contribution < 1.29 is 185 Å². The summed E-state index contributed by atoms with van der Waals surface area (Å²) in [6.07, 6.45) is -40.6. The van der Waals surface area contributed by atoms with Crippen molar-refractivity contribution in [1.29, 1.82) is 0 Å². The van der Waals surface area contributed by atoms with E-state index < -0.39 is 307 Å². The van der Waals surface area contributed by atoms with E-state index in [-0.39, 0.29) is 51.6 Å². The highest BCUT2D eigenvalue weighted by Gasteiger charge is 2.56. The summed E-state index contributed by atoms with van der Waals surface area (Å²) in [4.78, 5) is 53.0. The average molecular weight is 1710 g/mol. The number of nitrogens with one attached hydrogen (secondary N) is 4. The van der Waals surface area contributed by atoms with E-state index in [0.717, 1.165) is 19.3 Å². The fourth-order valence-electron chi connectivity index (χ4n) is 14.6. The molecule has 0 aromatic heterocycles. The van der Waals surface area contributed by atoms with Gasteiger partial charge in [-0.2, -0.15) is 16.8 Å². The fraction of sp³-hybridized carbons (Fsp3) is 0.859. The molecule has 17 N–H and O–H groups in total. The van der Waals surface area contributed by atoms with Crippen LogP contribution in [0.1, 0.15) is 130 Å². The first kappa shape index (κ1) is 95.6. The van der Waals surface area contributed by atoms with Crippen LogP contribution in [-0.2, 0) is 131 Å². The topological polar surface area (TPSA) is 614 Å². The lowest BCUT2D eigenvalue weighted by molar-refractivity contribution is -0.352. The Morgan fingerprint density at radius 3 is 1.05 bits per heavy atom. The zero-order chi connectivity index (χ0) is 84.1. The number of carbonyl (C=O) groups excluding carboxylic acids is 4. The summed E-state index contributed by atoms with van der Waals surface area (Å²) >= 11 is 0. The van der Waals surface area contributed by atoms with Crippen LogP contribution in [0.25, 0.3) is 0 Å². The Balaban J connectivity index is 0.820. The molecule has 8 aliphatic heterocycles. The number of unbranched alkanes of at least 4 members (excludes halogenated alkanes) is 2. The van der Waals surface area contributed by atoms with Crippen LogP contribution in [0.2, 0.25) is 0 Å². The molecule has 0 saturated carbocycles. The van der Waals surface area contributed by atoms with E-state index in [1.54, 1.807) is 20.8 Å². The Kier molecular flexibility index (Phi) is 37.7. The third kappa shape index (κ3) is 27.6. The second-order valence-electron chi connectivity index (χ2n) is 29.7. The summed E-state index contributed by atoms with van der Waals surface area (Å²) in [6, 6.07) is 4.09. The number of amides is 4. The van der Waals surface area contributed by atoms with Crippen LogP contribution in [0, 0.1) is 0 Å². The smallest absolute Gasteiger partial charge is 0.394 e. The first-order valence-corrected chi connectivity index (χ1v) is 42.1. The molecule has 0 aliphatic carbocycles. The molecule has 43 nitrogen and oxygen atoms in total. The number of aliphatic hydroxyl groups excluding tert-OH is 11. The lowest BCUT2D eigenvalue weighted by Gasteiger charge is -2.48. The van der Waals surface area contributed by atoms with Crippen molar-refractivity contribution in [3.63, 3.8) is 0 Å². The van der Waals surface area contributed by atoms with Gasteiger partial charge in [0.2, 0.25) is 23.6 Å². The minimum atomic E-state index is -5.29. The van der Waals surface area contributed by atoms with Gasteiger partial charge in [0.25, 0.3) is 0 Å². The molecule has 666 valence electrons. The van der Waals surface area contributed by atoms with E-state index in [2.05, 4.69) is 25.5 Å². The molecule has 1 aromatic carbocycles. The highest BCUT2D eigenvalue weighted by molar-refractivity contribution is 7.81. The predicted octanol–water partition coefficient (Wildman–Crippen LogP) is -4.99. The van der Waals surface area contributed by atoms with E-state index in [4.69, 9.17) is 80.0 Å². The highest BCUT2D eigenvalue weighted by Crippen LogP contribution is 2.37. The van der Waals surface area contributed by atoms with Crippen molar-refractivity contribution in [1.82, 2.24) is 21.3 Å². The highest BCUT2D eigenvalue weighted by atomic mass is 32.3. The molecule has 0 spiro atoms. The minimum absolute atomic E-state index is 0.0416. The van der Waals surface area contributed by atoms with E-state index in [1.165, 1.54) is 5.56 Å². The second kappa shape index (κ2) is 45.8. The molecule has 8 fully saturated rings. The molecule has 8 saturated heterocycles. The van der Waals surface area contributed by atoms with Crippen LogP contribution in [0.15, 0.2) is 30.3 Å². The Bertz CT molecular complexity index is 3390. The van der Waals surface area contributed by atoms with Crippen molar-refractivity contribution in [2.24, 2.45) is 0 Å². The fourth-order valence-corrected chi connectivity index (χ4v) is 15.2. The van der Waals surface area contributed by atoms with Crippen molar-refractivity contribution in [2.75, 3.05) is 59.5 Å². The number of hydrogen-bond donors (Lipinski definition) is 17. The van der Waals surface area contributed by atoms with Crippen molar-refractivity contribution in [3.8, 4) is 0 Å². The summed E-state index contributed by atoms with van der Waals surface area (Å²) in [5.41, 5.74) is 1.20. The number of benzene rings is 1. The molecular weight excluding hydrogens is 1600 g/mol. The molecule has 9 rings (SSSR count). The predicted molar refractivity (Wildman–Crippen MR) is 387 cm³/mol. The van der Waals surface area contributed by atoms with Gasteiger partial charge < -0.3 is 153 Å². The maximum absolute atomic E-state index is 13.4. The van der Waals surface area contributed by atoms with Gasteiger partial charge in [-0.3, -0.25) is 28.3 Å². The lowest BCUT2D eigenvalue weighted by atomic mass is 9.95. The van der Waals surface area contributed by atoms with E-state index >= 15 is 0 Å². The molecule has 32 atom stereocenters. The maximum Gasteiger partial charge on any atom is 0.397 e. The van der Waals surface area contributed by atoms with Gasteiger partial charge in [-0.05, 0) is 50.5 Å². The Labute approximate surface area is 670 Å². The number of rotatable bonds is 41. The minimum Gasteiger partial charge on any atom is -0.394 e. The summed E-state index contributed by atoms with van der Waals surface area (Å²) in [5, 5.41) is 136. The molecule has 1 aromatic rings. The van der Waals surface area contributed by atoms with Crippen molar-refractivity contribution >= 4 is 44.4 Å². The van der Waals surface area contributed by atoms with Crippen molar-refractivity contribution in [3.05, 3.63) is 35.9 Å². The van der Waals surface area contributed by atoms with E-state index in [1.807, 2.05) is 37.3 Å². The Morgan fingerprint density at radius 1 is 0.405 bits per heavy atom. The normalized spacial score (nSPS) is 38.7. The SMILES string of the molecule is CCCC(=O)NC1[C@H](OCCCCCc2ccccc2)OC(CO)[C@@H](O[C@H]2C[C@H](O)[C@H](O[C@H]3OC(CO)[C@@H](O[C@H]4C[C@H](O)C(O[C@H]5OC(COS(=O)(=O)O)[C@@H](O[C@H]6C[C@H](O)C(O[C@@H]7OC(COS(=O)(=O)O)[C@@H](O[C@H]8C[C@H](O)[C@H](O)CO8)[C@H](O)C7NC(=O)CCC)CO6)[C@H](O)C5NC(=O)CCC)CO4)[C@H](O)C3NC(=O)CCC)CO2)[C@@H]1O. The molecule has 45 heteroatoms. The zero-order valence-electron chi connectivity index (χ0n) is 64.8. The average Bonchev–Trinajstić information content (AvgIpc) is 0.790. The molecular formula is C71H116N4O39S2. The standard InChI is InChI=1S/C71H116N4O39S2/c1-5-15-48(83)72-56-60(87)64(41(27-76)104-68(56)97-22-14-10-13-21-35-19-11-9-12-20-35)111-53-24-37(79)43(30-99-53)106-69-57(73-49(84)16-6-2)61(88)65(42(28-77)105-69)112-54-25-38(80)44(31-100-54)107-71-59(75-51(86)18-8-4)63(90)67(47(110-71)34-103-116(94,95)96)114-55-26-39(81)45(32-101-55)108-70-58(74-50(85)17-7-3)62(89)66(46(109-70)33-102-115(91,92)93)113-52-23-36(78)40(82)29-98-52/h9,11-12,19-20,36-47,52-71,76-82,87-90H,5-8,10,13-18,21-34H2,1-4H3,(H,72,83)(H,73,84)(H,74,85)(H,75,86)(H,91,92,93)(H,94,95,96)/t36-,37-,38-,39-,40+,41?,42?,43+,44?,45?,46?,47?,52-,53-,54-,55-,56?,57?,58?,59?,60+,61+,62+,63+,64+,65+,66+,67+,68+,69+,70+,71-/m0/s1. The summed E-state index contributed by atoms with van der Waals surface area (Å²) < 4.78 is 173. The monoisotopic (exact) mass is 1710 g/mol. The Morgan fingerprint density at radius 2 is 0.724 bits per heavy atom. The van der Waals surface area contributed by atoms with Gasteiger partial charge in [-0.15, -0.1) is 0 Å². The number of hydrogen-bond acceptors (Lipinski definition) is 37. The van der Waals surface area contributed by atoms with Gasteiger partial charge in [-0.1, -0.05) is 64.4 Å². The van der Waals surface area contributed by atoms with Crippen molar-refractivity contribution in [2.45, 2.75) is 327 Å². The van der Waals surface area contributed by atoms with E-state index in [9.17, 15) is 101 Å². The first-order valence-electron chi connectivity index (χ1n) is 39.4. The van der Waals surface area contributed by atoms with Crippen LogP contribution < -0.4 is 21.3 Å². The van der Waals surface area contributed by atoms with Gasteiger partial charge >= 0.3 is 20.8 Å². The lowest BCUT2D eigenvalue weighted by Crippen LogP contribution is -2.68. The van der Waals surface area contributed by atoms with Crippen LogP contribution in [0.5, 0.6) is 0 Å². The maximum atomic E-state index is 13.4. The molecule has 0 bridgehead atoms. The summed E-state index contributed by atoms with van der Waals surface area (Å²) in [7, 11) is -10.5. The summed E-state index contributed by atoms with van der Waals surface area (Å²) in [5.74, 6) is -2.29. The van der Waals surface area contributed by atoms with Crippen LogP contribution in [-0.4, -0.2) is 362 Å². The summed E-state index contributed by atoms with van der Waals surface area (Å²) in [6.45, 7) is 1.33. The quantitative estimate of drug-likeness (QED) is 0.0216. The third-order valence-corrected chi connectivity index (χ3v) is 21.6. The van der Waals surface area contributed by atoms with Crippen LogP contribution >= 0.6 is 0 Å². The van der Waals surface area contributed by atoms with Gasteiger partial charge in [-0.25, -0.2) is 8.37 Å². The molecule has 116 heavy (non-hydrogen) atoms. The molecule has 8 aliphatic rings. The third-order valence-electron chi connectivity index (χ3n) is 20.7. The first-order chi connectivity index (χ1) is 55.3. The van der Waals surface area contributed by atoms with Gasteiger partial charge in [0.15, 0.2) is 50.3 Å². The van der Waals surface area contributed by atoms with Gasteiger partial charge in [0.1, 0.15) is 122 Å². The van der Waals surface area contributed by atoms with E-state index in [0.29, 0.717) is 25.7 Å². The molecule has 8 heterocycles. The van der Waals surface area contributed by atoms with Crippen LogP contribution in [0.3, 0.4) is 0 Å². The number of carbonyl (C=O) groups is 4. The van der Waals surface area contributed by atoms with Gasteiger partial charge in [0, 0.05) is 58.0 Å². The van der Waals surface area contributed by atoms with Crippen LogP contribution in [0.4, 0.5) is 0 Å². The Hall–Kier alpha value is -4.24.